The molecular formula is C21H13Br2N5O2. The Kier molecular flexibility index (Phi) is 5.94. The van der Waals surface area contributed by atoms with Gasteiger partial charge in [-0.2, -0.15) is 15.8 Å². The average molecular weight is 527 g/mol. The third-order valence-electron chi connectivity index (χ3n) is 5.37. The second-order valence-corrected chi connectivity index (χ2v) is 8.45. The molecule has 7 nitrogen and oxygen atoms in total. The Morgan fingerprint density at radius 1 is 0.967 bits per heavy atom. The lowest BCUT2D eigenvalue weighted by atomic mass is 9.58. The summed E-state index contributed by atoms with van der Waals surface area (Å²) in [7, 11) is 0. The molecule has 1 aliphatic rings. The van der Waals surface area contributed by atoms with E-state index in [2.05, 4.69) is 31.9 Å². The minimum Gasteiger partial charge on any atom is -0.399 e. The maximum atomic E-state index is 12.4. The number of allylic oxidation sites excluding steroid dienone is 1. The van der Waals surface area contributed by atoms with Crippen LogP contribution >= 0.6 is 31.9 Å². The molecule has 0 heterocycles. The minimum absolute atomic E-state index is 0.144. The third kappa shape index (κ3) is 3.15. The van der Waals surface area contributed by atoms with Gasteiger partial charge >= 0.3 is 0 Å². The highest BCUT2D eigenvalue weighted by atomic mass is 79.9. The fourth-order valence-corrected chi connectivity index (χ4v) is 5.10. The van der Waals surface area contributed by atoms with Gasteiger partial charge in [-0.1, -0.05) is 68.3 Å². The van der Waals surface area contributed by atoms with Crippen molar-refractivity contribution < 1.29 is 4.92 Å². The number of nitrogens with two attached hydrogens (primary N) is 1. The zero-order valence-corrected chi connectivity index (χ0v) is 18.5. The van der Waals surface area contributed by atoms with Crippen molar-refractivity contribution in [2.24, 2.45) is 11.1 Å². The number of hydrogen-bond acceptors (Lipinski definition) is 6. The van der Waals surface area contributed by atoms with Gasteiger partial charge in [0.25, 0.3) is 0 Å². The molecule has 0 amide bonds. The highest BCUT2D eigenvalue weighted by Gasteiger charge is 2.61. The van der Waals surface area contributed by atoms with Crippen molar-refractivity contribution in [3.05, 3.63) is 90.0 Å². The van der Waals surface area contributed by atoms with Gasteiger partial charge in [-0.25, -0.2) is 0 Å². The van der Waals surface area contributed by atoms with E-state index in [-0.39, 0.29) is 11.3 Å². The summed E-state index contributed by atoms with van der Waals surface area (Å²) >= 11 is 6.79. The lowest BCUT2D eigenvalue weighted by Gasteiger charge is -2.40. The molecule has 3 rings (SSSR count). The highest BCUT2D eigenvalue weighted by molar-refractivity contribution is 9.10. The van der Waals surface area contributed by atoms with Crippen LogP contribution in [0.3, 0.4) is 0 Å². The van der Waals surface area contributed by atoms with Gasteiger partial charge in [-0.15, -0.1) is 0 Å². The van der Waals surface area contributed by atoms with E-state index in [1.54, 1.807) is 48.5 Å². The molecule has 0 spiro atoms. The largest absolute Gasteiger partial charge is 0.399 e. The summed E-state index contributed by atoms with van der Waals surface area (Å²) in [6.45, 7) is 0. The summed E-state index contributed by atoms with van der Waals surface area (Å²) in [5.74, 6) is -2.26. The monoisotopic (exact) mass is 525 g/mol. The molecule has 148 valence electrons. The second-order valence-electron chi connectivity index (χ2n) is 6.75. The Morgan fingerprint density at radius 3 is 1.90 bits per heavy atom. The number of hydrogen-bond donors (Lipinski definition) is 1. The molecule has 0 aromatic heterocycles. The zero-order valence-electron chi connectivity index (χ0n) is 15.3. The van der Waals surface area contributed by atoms with Crippen LogP contribution in [0.5, 0.6) is 0 Å². The van der Waals surface area contributed by atoms with Crippen molar-refractivity contribution in [2.45, 2.75) is 17.9 Å². The Morgan fingerprint density at radius 2 is 1.47 bits per heavy atom. The number of benzene rings is 2. The predicted molar refractivity (Wildman–Crippen MR) is 115 cm³/mol. The van der Waals surface area contributed by atoms with Gasteiger partial charge in [0, 0.05) is 13.9 Å². The Labute approximate surface area is 189 Å². The normalized spacial score (nSPS) is 22.4. The van der Waals surface area contributed by atoms with Crippen molar-refractivity contribution in [3.8, 4) is 18.2 Å². The average Bonchev–Trinajstić information content (AvgIpc) is 2.74. The van der Waals surface area contributed by atoms with E-state index in [1.165, 1.54) is 0 Å². The Balaban J connectivity index is 2.48. The molecule has 0 radical (unpaired) electrons. The number of nitro groups is 1. The molecule has 9 heteroatoms. The maximum Gasteiger partial charge on any atom is 0.234 e. The van der Waals surface area contributed by atoms with Crippen molar-refractivity contribution in [2.75, 3.05) is 0 Å². The number of nitrogens with zero attached hydrogens (tertiary/aromatic N) is 4. The van der Waals surface area contributed by atoms with Gasteiger partial charge in [0.05, 0.1) is 41.3 Å². The third-order valence-corrected chi connectivity index (χ3v) is 6.82. The van der Waals surface area contributed by atoms with E-state index < -0.39 is 28.2 Å². The van der Waals surface area contributed by atoms with Gasteiger partial charge in [0.1, 0.15) is 0 Å². The fraction of sp³-hybridized carbons (Fsp3) is 0.190. The molecule has 30 heavy (non-hydrogen) atoms. The molecule has 0 bridgehead atoms. The summed E-state index contributed by atoms with van der Waals surface area (Å²) in [5, 5.41) is 42.3. The van der Waals surface area contributed by atoms with Crippen LogP contribution in [-0.4, -0.2) is 11.0 Å². The quantitative estimate of drug-likeness (QED) is 0.460. The van der Waals surface area contributed by atoms with Crippen LogP contribution in [0.15, 0.2) is 68.7 Å². The highest BCUT2D eigenvalue weighted by Crippen LogP contribution is 2.55. The van der Waals surface area contributed by atoms with Crippen LogP contribution in [0.25, 0.3) is 0 Å². The molecule has 0 saturated carbocycles. The molecule has 0 saturated heterocycles. The van der Waals surface area contributed by atoms with Crippen LogP contribution in [0.4, 0.5) is 0 Å². The summed E-state index contributed by atoms with van der Waals surface area (Å²) in [5.41, 5.74) is 4.68. The first-order valence-corrected chi connectivity index (χ1v) is 10.3. The first-order chi connectivity index (χ1) is 14.3. The molecular weight excluding hydrogens is 514 g/mol. The van der Waals surface area contributed by atoms with E-state index in [9.17, 15) is 25.9 Å². The summed E-state index contributed by atoms with van der Waals surface area (Å²) in [6.07, 6.45) is 0. The first kappa shape index (κ1) is 21.5. The summed E-state index contributed by atoms with van der Waals surface area (Å²) in [4.78, 5) is 11.9. The van der Waals surface area contributed by atoms with Crippen molar-refractivity contribution in [1.82, 2.24) is 0 Å². The van der Waals surface area contributed by atoms with Crippen molar-refractivity contribution in [1.29, 1.82) is 15.8 Å². The standard InChI is InChI=1S/C21H13Br2N5O2/c22-15-7-3-1-5-12(15)17-14(9-24)20(27)21(10-25,11-26)18(19(17)28(29)30)13-6-2-4-8-16(13)23/h1-8,17-19H,27H2. The number of rotatable bonds is 3. The lowest BCUT2D eigenvalue weighted by molar-refractivity contribution is -0.532. The van der Waals surface area contributed by atoms with Gasteiger partial charge in [0.2, 0.25) is 6.04 Å². The van der Waals surface area contributed by atoms with E-state index in [4.69, 9.17) is 5.73 Å². The zero-order chi connectivity index (χ0) is 22.1. The lowest BCUT2D eigenvalue weighted by Crippen LogP contribution is -2.50. The van der Waals surface area contributed by atoms with Gasteiger partial charge in [-0.3, -0.25) is 10.1 Å². The second kappa shape index (κ2) is 8.28. The van der Waals surface area contributed by atoms with Crippen LogP contribution in [0, 0.1) is 49.5 Å². The summed E-state index contributed by atoms with van der Waals surface area (Å²) in [6, 6.07) is 17.8. The first-order valence-electron chi connectivity index (χ1n) is 8.69. The molecule has 0 fully saturated rings. The number of nitriles is 3. The molecule has 3 unspecified atom stereocenters. The minimum atomic E-state index is -2.08. The smallest absolute Gasteiger partial charge is 0.234 e. The van der Waals surface area contributed by atoms with Crippen molar-refractivity contribution in [3.63, 3.8) is 0 Å². The molecule has 2 N–H and O–H groups in total. The SMILES string of the molecule is N#CC1=C(N)C(C#N)(C#N)C(c2ccccc2Br)C([N+](=O)[O-])C1c1ccccc1Br. The molecule has 2 aromatic rings. The van der Waals surface area contributed by atoms with Crippen LogP contribution < -0.4 is 5.73 Å². The topological polar surface area (TPSA) is 141 Å². The molecule has 1 aliphatic carbocycles. The van der Waals surface area contributed by atoms with E-state index in [1.807, 2.05) is 18.2 Å². The van der Waals surface area contributed by atoms with Crippen LogP contribution in [-0.2, 0) is 0 Å². The molecule has 3 atom stereocenters. The van der Waals surface area contributed by atoms with Gasteiger partial charge in [-0.05, 0) is 23.3 Å². The predicted octanol–water partition coefficient (Wildman–Crippen LogP) is 4.51. The Bertz CT molecular complexity index is 1170. The van der Waals surface area contributed by atoms with E-state index >= 15 is 0 Å². The van der Waals surface area contributed by atoms with E-state index in [0.29, 0.717) is 20.1 Å². The number of halogens is 2. The Hall–Kier alpha value is -3.19. The van der Waals surface area contributed by atoms with Crippen LogP contribution in [0.1, 0.15) is 23.0 Å². The molecule has 0 aliphatic heterocycles. The fourth-order valence-electron chi connectivity index (χ4n) is 4.04. The van der Waals surface area contributed by atoms with Gasteiger partial charge in [0.15, 0.2) is 5.41 Å². The van der Waals surface area contributed by atoms with E-state index in [0.717, 1.165) is 0 Å². The maximum absolute atomic E-state index is 12.4. The van der Waals surface area contributed by atoms with Crippen molar-refractivity contribution >= 4 is 31.9 Å². The summed E-state index contributed by atoms with van der Waals surface area (Å²) < 4.78 is 1.07. The van der Waals surface area contributed by atoms with Crippen LogP contribution in [0.2, 0.25) is 0 Å². The molecule has 2 aromatic carbocycles. The van der Waals surface area contributed by atoms with Gasteiger partial charge < -0.3 is 5.73 Å².